The fourth-order valence-electron chi connectivity index (χ4n) is 2.08. The highest BCUT2D eigenvalue weighted by molar-refractivity contribution is 5.75. The molecule has 1 unspecified atom stereocenters. The van der Waals surface area contributed by atoms with Gasteiger partial charge >= 0.3 is 5.69 Å². The summed E-state index contributed by atoms with van der Waals surface area (Å²) in [5.74, 6) is -0.146. The number of rotatable bonds is 8. The second kappa shape index (κ2) is 7.16. The van der Waals surface area contributed by atoms with Crippen LogP contribution in [-0.4, -0.2) is 38.4 Å². The van der Waals surface area contributed by atoms with E-state index in [1.165, 1.54) is 10.9 Å². The van der Waals surface area contributed by atoms with Gasteiger partial charge in [-0.25, -0.2) is 0 Å². The number of carbonyl (C=O) groups excluding carboxylic acids is 1. The maximum Gasteiger partial charge on any atom is 0.306 e. The molecule has 118 valence electrons. The van der Waals surface area contributed by atoms with Gasteiger partial charge in [-0.15, -0.1) is 0 Å². The molecule has 0 radical (unpaired) electrons. The van der Waals surface area contributed by atoms with Gasteiger partial charge in [-0.05, 0) is 18.8 Å². The second-order valence-electron chi connectivity index (χ2n) is 5.96. The summed E-state index contributed by atoms with van der Waals surface area (Å²) in [6.07, 6.45) is 2.83. The van der Waals surface area contributed by atoms with E-state index in [4.69, 9.17) is 0 Å². The van der Waals surface area contributed by atoms with Crippen molar-refractivity contribution in [3.05, 3.63) is 22.5 Å². The summed E-state index contributed by atoms with van der Waals surface area (Å²) in [4.78, 5) is 21.7. The minimum absolute atomic E-state index is 0.0894. The number of nitrogens with one attached hydrogen (secondary N) is 1. The molecule has 1 aromatic rings. The number of aromatic nitrogens is 2. The Morgan fingerprint density at radius 3 is 2.81 bits per heavy atom. The van der Waals surface area contributed by atoms with Crippen LogP contribution in [0.2, 0.25) is 0 Å². The average Bonchev–Trinajstić information content (AvgIpc) is 2.81. The first kappa shape index (κ1) is 17.1. The molecule has 8 nitrogen and oxygen atoms in total. The number of hydrogen-bond acceptors (Lipinski definition) is 5. The largest absolute Gasteiger partial charge is 0.393 e. The molecule has 1 aromatic heterocycles. The number of amides is 1. The van der Waals surface area contributed by atoms with E-state index in [0.29, 0.717) is 13.0 Å². The molecule has 0 aliphatic carbocycles. The molecule has 0 aliphatic rings. The first-order valence-electron chi connectivity index (χ1n) is 6.81. The van der Waals surface area contributed by atoms with E-state index >= 15 is 0 Å². The van der Waals surface area contributed by atoms with Gasteiger partial charge in [-0.2, -0.15) is 5.10 Å². The number of hydrogen-bond donors (Lipinski definition) is 2. The van der Waals surface area contributed by atoms with Crippen LogP contribution in [0.5, 0.6) is 0 Å². The molecule has 1 atom stereocenters. The van der Waals surface area contributed by atoms with Crippen molar-refractivity contribution in [2.45, 2.75) is 46.3 Å². The number of nitro groups is 1. The van der Waals surface area contributed by atoms with E-state index in [1.807, 2.05) is 13.8 Å². The summed E-state index contributed by atoms with van der Waals surface area (Å²) in [5.41, 5.74) is -0.276. The van der Waals surface area contributed by atoms with Crippen molar-refractivity contribution < 1.29 is 14.8 Å². The van der Waals surface area contributed by atoms with Crippen LogP contribution in [0.15, 0.2) is 12.4 Å². The van der Waals surface area contributed by atoms with Crippen LogP contribution in [0.3, 0.4) is 0 Å². The Balaban J connectivity index is 2.35. The lowest BCUT2D eigenvalue weighted by molar-refractivity contribution is -0.385. The number of aliphatic hydroxyl groups is 1. The summed E-state index contributed by atoms with van der Waals surface area (Å²) in [6.45, 7) is 6.41. The van der Waals surface area contributed by atoms with E-state index in [1.54, 1.807) is 6.92 Å². The minimum atomic E-state index is -0.526. The highest BCUT2D eigenvalue weighted by atomic mass is 16.6. The Kier molecular flexibility index (Phi) is 5.83. The van der Waals surface area contributed by atoms with Crippen molar-refractivity contribution >= 4 is 11.6 Å². The predicted octanol–water partition coefficient (Wildman–Crippen LogP) is 1.09. The second-order valence-corrected chi connectivity index (χ2v) is 5.96. The van der Waals surface area contributed by atoms with Gasteiger partial charge in [-0.1, -0.05) is 13.8 Å². The lowest BCUT2D eigenvalue weighted by atomic mass is 9.87. The Hall–Kier alpha value is -1.96. The zero-order valence-corrected chi connectivity index (χ0v) is 12.6. The monoisotopic (exact) mass is 298 g/mol. The number of nitrogens with zero attached hydrogens (tertiary/aromatic N) is 3. The highest BCUT2D eigenvalue weighted by Crippen LogP contribution is 2.21. The predicted molar refractivity (Wildman–Crippen MR) is 76.6 cm³/mol. The third-order valence-electron chi connectivity index (χ3n) is 3.01. The maximum absolute atomic E-state index is 11.7. The summed E-state index contributed by atoms with van der Waals surface area (Å²) in [5, 5.41) is 26.5. The van der Waals surface area contributed by atoms with Crippen LogP contribution in [0.25, 0.3) is 0 Å². The van der Waals surface area contributed by atoms with Gasteiger partial charge < -0.3 is 10.4 Å². The first-order chi connectivity index (χ1) is 9.69. The van der Waals surface area contributed by atoms with E-state index in [0.717, 1.165) is 6.20 Å². The van der Waals surface area contributed by atoms with Crippen LogP contribution in [-0.2, 0) is 11.3 Å². The van der Waals surface area contributed by atoms with Crippen molar-refractivity contribution in [2.24, 2.45) is 5.41 Å². The minimum Gasteiger partial charge on any atom is -0.393 e. The van der Waals surface area contributed by atoms with Gasteiger partial charge in [-0.3, -0.25) is 19.6 Å². The van der Waals surface area contributed by atoms with Crippen LogP contribution in [0, 0.1) is 15.5 Å². The normalized spacial score (nSPS) is 13.0. The van der Waals surface area contributed by atoms with Crippen LogP contribution < -0.4 is 5.32 Å². The Morgan fingerprint density at radius 2 is 2.29 bits per heavy atom. The molecule has 1 rings (SSSR count). The number of carbonyl (C=O) groups is 1. The van der Waals surface area contributed by atoms with Gasteiger partial charge in [0.2, 0.25) is 5.91 Å². The van der Waals surface area contributed by atoms with Crippen molar-refractivity contribution in [1.29, 1.82) is 0 Å². The van der Waals surface area contributed by atoms with E-state index in [9.17, 15) is 20.0 Å². The van der Waals surface area contributed by atoms with Crippen LogP contribution >= 0.6 is 0 Å². The molecular weight excluding hydrogens is 276 g/mol. The molecule has 1 amide bonds. The van der Waals surface area contributed by atoms with Gasteiger partial charge in [0.25, 0.3) is 0 Å². The smallest absolute Gasteiger partial charge is 0.306 e. The summed E-state index contributed by atoms with van der Waals surface area (Å²) < 4.78 is 1.37. The Morgan fingerprint density at radius 1 is 1.62 bits per heavy atom. The van der Waals surface area contributed by atoms with E-state index in [2.05, 4.69) is 10.4 Å². The SMILES string of the molecule is CC(O)CC(C)(C)CNC(=O)CCn1cc([N+](=O)[O-])cn1. The molecule has 8 heteroatoms. The summed E-state index contributed by atoms with van der Waals surface area (Å²) in [6, 6.07) is 0. The zero-order chi connectivity index (χ0) is 16.0. The zero-order valence-electron chi connectivity index (χ0n) is 12.6. The molecule has 0 fully saturated rings. The van der Waals surface area contributed by atoms with Gasteiger partial charge in [0.15, 0.2) is 0 Å². The third kappa shape index (κ3) is 6.35. The average molecular weight is 298 g/mol. The molecule has 0 bridgehead atoms. The molecule has 0 aliphatic heterocycles. The molecule has 0 spiro atoms. The maximum atomic E-state index is 11.7. The van der Waals surface area contributed by atoms with Gasteiger partial charge in [0, 0.05) is 19.5 Å². The third-order valence-corrected chi connectivity index (χ3v) is 3.01. The van der Waals surface area contributed by atoms with Crippen molar-refractivity contribution in [2.75, 3.05) is 6.54 Å². The van der Waals surface area contributed by atoms with Gasteiger partial charge in [0.05, 0.1) is 11.0 Å². The number of aryl methyl sites for hydroxylation is 1. The van der Waals surface area contributed by atoms with Gasteiger partial charge in [0.1, 0.15) is 12.4 Å². The Labute approximate surface area is 123 Å². The molecular formula is C13H22N4O4. The molecule has 0 saturated heterocycles. The standard InChI is InChI=1S/C13H22N4O4/c1-10(18)6-13(2,3)9-14-12(19)4-5-16-8-11(7-15-16)17(20)21/h7-8,10,18H,4-6,9H2,1-3H3,(H,14,19). The molecule has 0 saturated carbocycles. The summed E-state index contributed by atoms with van der Waals surface area (Å²) >= 11 is 0. The van der Waals surface area contributed by atoms with Crippen molar-refractivity contribution in [3.8, 4) is 0 Å². The lowest BCUT2D eigenvalue weighted by Crippen LogP contribution is -2.36. The molecule has 1 heterocycles. The van der Waals surface area contributed by atoms with E-state index in [-0.39, 0.29) is 30.0 Å². The fourth-order valence-corrected chi connectivity index (χ4v) is 2.08. The van der Waals surface area contributed by atoms with Crippen LogP contribution in [0.4, 0.5) is 5.69 Å². The number of aliphatic hydroxyl groups excluding tert-OH is 1. The molecule has 0 aromatic carbocycles. The Bertz CT molecular complexity index is 496. The first-order valence-corrected chi connectivity index (χ1v) is 6.81. The van der Waals surface area contributed by atoms with Crippen molar-refractivity contribution in [3.63, 3.8) is 0 Å². The summed E-state index contributed by atoms with van der Waals surface area (Å²) in [7, 11) is 0. The lowest BCUT2D eigenvalue weighted by Gasteiger charge is -2.26. The molecule has 2 N–H and O–H groups in total. The van der Waals surface area contributed by atoms with Crippen LogP contribution in [0.1, 0.15) is 33.6 Å². The quantitative estimate of drug-likeness (QED) is 0.551. The molecule has 21 heavy (non-hydrogen) atoms. The van der Waals surface area contributed by atoms with E-state index < -0.39 is 11.0 Å². The highest BCUT2D eigenvalue weighted by Gasteiger charge is 2.21. The fraction of sp³-hybridized carbons (Fsp3) is 0.692. The topological polar surface area (TPSA) is 110 Å². The van der Waals surface area contributed by atoms with Crippen molar-refractivity contribution in [1.82, 2.24) is 15.1 Å².